The zero-order valence-corrected chi connectivity index (χ0v) is 57.2. The molecule has 17 nitrogen and oxygen atoms in total. The van der Waals surface area contributed by atoms with Crippen molar-refractivity contribution in [2.24, 2.45) is 5.92 Å². The second-order valence-corrected chi connectivity index (χ2v) is 27.4. The van der Waals surface area contributed by atoms with E-state index in [9.17, 15) is 43.2 Å². The summed E-state index contributed by atoms with van der Waals surface area (Å²) >= 11 is 0. The van der Waals surface area contributed by atoms with Crippen LogP contribution < -0.4 is 0 Å². The van der Waals surface area contributed by atoms with E-state index < -0.39 is 97.5 Å². The van der Waals surface area contributed by atoms with E-state index in [1.807, 2.05) is 0 Å². The normalized spacial score (nSPS) is 14.5. The Labute approximate surface area is 524 Å². The molecule has 0 aliphatic carbocycles. The predicted octanol–water partition coefficient (Wildman–Crippen LogP) is 19.0. The maximum Gasteiger partial charge on any atom is 0.472 e. The average Bonchev–Trinajstić information content (AvgIpc) is 3.52. The number of phosphoric acid groups is 2. The number of carbonyl (C=O) groups excluding carboxylic acids is 4. The van der Waals surface area contributed by atoms with Gasteiger partial charge in [-0.25, -0.2) is 9.13 Å². The summed E-state index contributed by atoms with van der Waals surface area (Å²) in [6, 6.07) is 0. The zero-order chi connectivity index (χ0) is 63.5. The summed E-state index contributed by atoms with van der Waals surface area (Å²) in [5.41, 5.74) is 0. The van der Waals surface area contributed by atoms with Crippen LogP contribution in [-0.4, -0.2) is 96.7 Å². The molecule has 86 heavy (non-hydrogen) atoms. The van der Waals surface area contributed by atoms with Gasteiger partial charge in [-0.3, -0.25) is 37.3 Å². The number of aliphatic hydroxyl groups excluding tert-OH is 1. The lowest BCUT2D eigenvalue weighted by atomic mass is 9.99. The molecule has 0 bridgehead atoms. The minimum absolute atomic E-state index is 0.104. The first kappa shape index (κ1) is 84.1. The maximum atomic E-state index is 13.0. The molecule has 0 saturated heterocycles. The number of hydrogen-bond donors (Lipinski definition) is 3. The fourth-order valence-electron chi connectivity index (χ4n) is 10.1. The quantitative estimate of drug-likeness (QED) is 0.0222. The molecule has 3 unspecified atom stereocenters. The molecule has 0 aromatic heterocycles. The third-order valence-electron chi connectivity index (χ3n) is 15.9. The van der Waals surface area contributed by atoms with Crippen LogP contribution in [0.4, 0.5) is 0 Å². The van der Waals surface area contributed by atoms with Gasteiger partial charge < -0.3 is 33.8 Å². The lowest BCUT2D eigenvalue weighted by molar-refractivity contribution is -0.161. The molecular formula is C67H130O17P2. The summed E-state index contributed by atoms with van der Waals surface area (Å²) in [5.74, 6) is -1.37. The standard InChI is InChI=1S/C67H130O17P2/c1-6-10-13-16-18-20-22-24-25-26-28-30-32-37-42-47-52-66(71)84-63(57-78-65(70)51-46-41-36-31-29-27-23-21-19-17-14-11-7-2)59-82-86(75,76)80-55-61(68)54-79-85(73,74)81-58-62(56-77-64(69)50-45-39-15-12-8-3)83-67(72)53-48-43-38-34-33-35-40-44-49-60(5)9-4/h60-63,68H,6-59H2,1-5H3,(H,73,74)(H,75,76)/t60?,61-,62+,63+/m0/s1. The summed E-state index contributed by atoms with van der Waals surface area (Å²) in [7, 11) is -9.88. The highest BCUT2D eigenvalue weighted by molar-refractivity contribution is 7.47. The van der Waals surface area contributed by atoms with E-state index >= 15 is 0 Å². The topological polar surface area (TPSA) is 237 Å². The molecule has 0 aromatic rings. The average molecular weight is 1270 g/mol. The Morgan fingerprint density at radius 1 is 0.326 bits per heavy atom. The summed E-state index contributed by atoms with van der Waals surface area (Å²) < 4.78 is 68.0. The molecule has 0 fully saturated rings. The van der Waals surface area contributed by atoms with Crippen LogP contribution in [0.3, 0.4) is 0 Å². The Kier molecular flexibility index (Phi) is 59.2. The summed E-state index contributed by atoms with van der Waals surface area (Å²) in [6.07, 6.45) is 46.1. The van der Waals surface area contributed by atoms with E-state index in [1.54, 1.807) is 0 Å². The smallest absolute Gasteiger partial charge is 0.462 e. The van der Waals surface area contributed by atoms with Crippen LogP contribution >= 0.6 is 15.6 Å². The van der Waals surface area contributed by atoms with E-state index in [4.69, 9.17) is 37.0 Å². The molecule has 0 saturated carbocycles. The molecule has 3 N–H and O–H groups in total. The first-order chi connectivity index (χ1) is 41.6. The van der Waals surface area contributed by atoms with Crippen LogP contribution in [0.25, 0.3) is 0 Å². The lowest BCUT2D eigenvalue weighted by Gasteiger charge is -2.21. The van der Waals surface area contributed by atoms with Crippen molar-refractivity contribution >= 4 is 39.5 Å². The van der Waals surface area contributed by atoms with Crippen molar-refractivity contribution in [2.45, 2.75) is 361 Å². The van der Waals surface area contributed by atoms with Crippen molar-refractivity contribution in [3.63, 3.8) is 0 Å². The van der Waals surface area contributed by atoms with Gasteiger partial charge in [0.05, 0.1) is 26.4 Å². The largest absolute Gasteiger partial charge is 0.472 e. The Morgan fingerprint density at radius 3 is 0.826 bits per heavy atom. The summed E-state index contributed by atoms with van der Waals surface area (Å²) in [6.45, 7) is 7.14. The minimum Gasteiger partial charge on any atom is -0.462 e. The Balaban J connectivity index is 5.17. The number of esters is 4. The van der Waals surface area contributed by atoms with Gasteiger partial charge in [0, 0.05) is 25.7 Å². The second kappa shape index (κ2) is 60.6. The first-order valence-electron chi connectivity index (χ1n) is 35.2. The number of ether oxygens (including phenoxy) is 4. The molecule has 0 rings (SSSR count). The highest BCUT2D eigenvalue weighted by Gasteiger charge is 2.30. The molecule has 0 aliphatic heterocycles. The number of carbonyl (C=O) groups is 4. The number of hydrogen-bond acceptors (Lipinski definition) is 15. The van der Waals surface area contributed by atoms with Gasteiger partial charge in [0.2, 0.25) is 0 Å². The van der Waals surface area contributed by atoms with Crippen molar-refractivity contribution in [2.75, 3.05) is 39.6 Å². The van der Waals surface area contributed by atoms with Gasteiger partial charge in [-0.2, -0.15) is 0 Å². The third-order valence-corrected chi connectivity index (χ3v) is 17.8. The summed E-state index contributed by atoms with van der Waals surface area (Å²) in [5, 5.41) is 10.5. The van der Waals surface area contributed by atoms with Crippen LogP contribution in [0.15, 0.2) is 0 Å². The third kappa shape index (κ3) is 59.7. The van der Waals surface area contributed by atoms with Gasteiger partial charge in [0.25, 0.3) is 0 Å². The maximum absolute atomic E-state index is 13.0. The van der Waals surface area contributed by atoms with Crippen LogP contribution in [0.2, 0.25) is 0 Å². The highest BCUT2D eigenvalue weighted by atomic mass is 31.2. The molecule has 0 amide bonds. The minimum atomic E-state index is -4.95. The van der Waals surface area contributed by atoms with E-state index in [-0.39, 0.29) is 25.7 Å². The molecule has 6 atom stereocenters. The van der Waals surface area contributed by atoms with Gasteiger partial charge in [-0.1, -0.05) is 291 Å². The zero-order valence-electron chi connectivity index (χ0n) is 55.4. The Hall–Kier alpha value is -1.94. The van der Waals surface area contributed by atoms with Crippen molar-refractivity contribution in [1.29, 1.82) is 0 Å². The molecule has 0 radical (unpaired) electrons. The van der Waals surface area contributed by atoms with Gasteiger partial charge in [-0.15, -0.1) is 0 Å². The van der Waals surface area contributed by atoms with Crippen LogP contribution in [-0.2, 0) is 65.4 Å². The highest BCUT2D eigenvalue weighted by Crippen LogP contribution is 2.45. The van der Waals surface area contributed by atoms with Gasteiger partial charge in [-0.05, 0) is 31.6 Å². The number of unbranched alkanes of at least 4 members (excludes halogenated alkanes) is 38. The van der Waals surface area contributed by atoms with Crippen molar-refractivity contribution in [3.05, 3.63) is 0 Å². The number of rotatable bonds is 67. The van der Waals surface area contributed by atoms with E-state index in [1.165, 1.54) is 161 Å². The number of aliphatic hydroxyl groups is 1. The van der Waals surface area contributed by atoms with Gasteiger partial charge in [0.15, 0.2) is 12.2 Å². The first-order valence-corrected chi connectivity index (χ1v) is 38.2. The molecule has 0 heterocycles. The molecule has 0 spiro atoms. The lowest BCUT2D eigenvalue weighted by Crippen LogP contribution is -2.30. The molecule has 19 heteroatoms. The Morgan fingerprint density at radius 2 is 0.558 bits per heavy atom. The van der Waals surface area contributed by atoms with Gasteiger partial charge >= 0.3 is 39.5 Å². The van der Waals surface area contributed by atoms with E-state index in [0.29, 0.717) is 25.7 Å². The predicted molar refractivity (Wildman–Crippen MR) is 345 cm³/mol. The van der Waals surface area contributed by atoms with Crippen LogP contribution in [0, 0.1) is 5.92 Å². The second-order valence-electron chi connectivity index (χ2n) is 24.5. The van der Waals surface area contributed by atoms with Crippen molar-refractivity contribution in [1.82, 2.24) is 0 Å². The van der Waals surface area contributed by atoms with Gasteiger partial charge in [0.1, 0.15) is 19.3 Å². The van der Waals surface area contributed by atoms with E-state index in [0.717, 1.165) is 102 Å². The fourth-order valence-corrected chi connectivity index (χ4v) is 11.7. The molecular weight excluding hydrogens is 1140 g/mol. The van der Waals surface area contributed by atoms with Crippen LogP contribution in [0.1, 0.15) is 343 Å². The monoisotopic (exact) mass is 1270 g/mol. The molecule has 510 valence electrons. The fraction of sp³-hybridized carbons (Fsp3) is 0.940. The molecule has 0 aliphatic rings. The molecule has 0 aromatic carbocycles. The SMILES string of the molecule is CCCCCCCCCCCCCCCCCCC(=O)O[C@H](COC(=O)CCCCCCCCCCCCCCC)COP(=O)(O)OC[C@@H](O)COP(=O)(O)OC[C@@H](COC(=O)CCCCCCC)OC(=O)CCCCCCCCCCC(C)CC. The summed E-state index contributed by atoms with van der Waals surface area (Å²) in [4.78, 5) is 72.1. The number of phosphoric ester groups is 2. The van der Waals surface area contributed by atoms with Crippen LogP contribution in [0.5, 0.6) is 0 Å². The Bertz CT molecular complexity index is 1670. The van der Waals surface area contributed by atoms with Crippen molar-refractivity contribution < 1.29 is 80.2 Å². The van der Waals surface area contributed by atoms with E-state index in [2.05, 4.69) is 34.6 Å². The van der Waals surface area contributed by atoms with Crippen molar-refractivity contribution in [3.8, 4) is 0 Å².